The van der Waals surface area contributed by atoms with E-state index in [1.165, 1.54) is 0 Å². The number of imide groups is 1. The monoisotopic (exact) mass is 191 g/mol. The third-order valence-corrected chi connectivity index (χ3v) is 2.26. The molecular formula is C5H5NO3S2. The Balaban J connectivity index is 2.74. The van der Waals surface area contributed by atoms with E-state index < -0.39 is 16.3 Å². The third-order valence-electron chi connectivity index (χ3n) is 1.20. The van der Waals surface area contributed by atoms with Gasteiger partial charge in [-0.05, 0) is 0 Å². The minimum Gasteiger partial charge on any atom is -0.276 e. The van der Waals surface area contributed by atoms with Crippen molar-refractivity contribution in [2.75, 3.05) is 12.3 Å². The van der Waals surface area contributed by atoms with Crippen LogP contribution in [-0.4, -0.2) is 33.5 Å². The van der Waals surface area contributed by atoms with Crippen molar-refractivity contribution in [3.05, 3.63) is 0 Å². The summed E-state index contributed by atoms with van der Waals surface area (Å²) in [7, 11) is 0. The van der Waals surface area contributed by atoms with Crippen LogP contribution in [0.5, 0.6) is 0 Å². The second-order valence-electron chi connectivity index (χ2n) is 1.88. The van der Waals surface area contributed by atoms with Gasteiger partial charge in [0.25, 0.3) is 10.4 Å². The van der Waals surface area contributed by atoms with Gasteiger partial charge >= 0.3 is 5.91 Å². The summed E-state index contributed by atoms with van der Waals surface area (Å²) in [5.74, 6) is -0.294. The zero-order valence-electron chi connectivity index (χ0n) is 5.44. The van der Waals surface area contributed by atoms with Crippen LogP contribution in [0.2, 0.25) is 0 Å². The molecule has 1 fully saturated rings. The average molecular weight is 191 g/mol. The molecule has 60 valence electrons. The van der Waals surface area contributed by atoms with E-state index in [1.807, 2.05) is 0 Å². The number of carbonyl (C=O) groups is 3. The number of carbonyl (C=O) groups excluding carboxylic acids is 3. The highest BCUT2D eigenvalue weighted by molar-refractivity contribution is 8.15. The molecule has 0 spiro atoms. The highest BCUT2D eigenvalue weighted by atomic mass is 32.2. The van der Waals surface area contributed by atoms with Crippen molar-refractivity contribution in [3.8, 4) is 0 Å². The van der Waals surface area contributed by atoms with Gasteiger partial charge in [-0.25, -0.2) is 0 Å². The van der Waals surface area contributed by atoms with Crippen LogP contribution in [0.3, 0.4) is 0 Å². The van der Waals surface area contributed by atoms with Gasteiger partial charge in [0.15, 0.2) is 0 Å². The lowest BCUT2D eigenvalue weighted by Crippen LogP contribution is -2.42. The number of amides is 2. The van der Waals surface area contributed by atoms with Gasteiger partial charge in [-0.15, -0.1) is 0 Å². The van der Waals surface area contributed by atoms with Gasteiger partial charge in [-0.1, -0.05) is 24.4 Å². The maximum absolute atomic E-state index is 10.9. The van der Waals surface area contributed by atoms with E-state index in [4.69, 9.17) is 0 Å². The van der Waals surface area contributed by atoms with E-state index in [-0.39, 0.29) is 6.54 Å². The predicted octanol–water partition coefficient (Wildman–Crippen LogP) is 0.138. The Hall–Kier alpha value is -0.490. The van der Waals surface area contributed by atoms with Crippen LogP contribution in [0, 0.1) is 0 Å². The van der Waals surface area contributed by atoms with Gasteiger partial charge in [-0.2, -0.15) is 0 Å². The summed E-state index contributed by atoms with van der Waals surface area (Å²) >= 11 is 4.38. The summed E-state index contributed by atoms with van der Waals surface area (Å²) in [6.45, 7) is 0.275. The van der Waals surface area contributed by atoms with Crippen molar-refractivity contribution >= 4 is 40.7 Å². The summed E-state index contributed by atoms with van der Waals surface area (Å²) in [4.78, 5) is 32.9. The molecule has 0 radical (unpaired) electrons. The lowest BCUT2D eigenvalue weighted by Gasteiger charge is -2.20. The number of hydrogen-bond acceptors (Lipinski definition) is 4. The molecule has 0 atom stereocenters. The van der Waals surface area contributed by atoms with Gasteiger partial charge in [0.05, 0.1) is 0 Å². The lowest BCUT2D eigenvalue weighted by atomic mass is 10.5. The molecule has 1 rings (SSSR count). The molecule has 0 aromatic rings. The summed E-state index contributed by atoms with van der Waals surface area (Å²) in [5.41, 5.74) is 0. The summed E-state index contributed by atoms with van der Waals surface area (Å²) < 4.78 is 0. The predicted molar refractivity (Wildman–Crippen MR) is 43.6 cm³/mol. The molecule has 0 unspecified atom stereocenters. The van der Waals surface area contributed by atoms with E-state index in [9.17, 15) is 14.4 Å². The van der Waals surface area contributed by atoms with Crippen LogP contribution in [0.4, 0.5) is 4.79 Å². The van der Waals surface area contributed by atoms with E-state index >= 15 is 0 Å². The Labute approximate surface area is 72.7 Å². The molecular weight excluding hydrogens is 186 g/mol. The molecule has 0 aromatic heterocycles. The minimum atomic E-state index is -0.763. The number of thiol groups is 1. The second-order valence-corrected chi connectivity index (χ2v) is 3.33. The Bertz CT molecular complexity index is 228. The number of thioether (sulfide) groups is 1. The van der Waals surface area contributed by atoms with E-state index in [2.05, 4.69) is 12.6 Å². The van der Waals surface area contributed by atoms with Crippen LogP contribution in [0.15, 0.2) is 0 Å². The quantitative estimate of drug-likeness (QED) is 0.437. The molecule has 1 aliphatic heterocycles. The topological polar surface area (TPSA) is 54.5 Å². The molecule has 6 heteroatoms. The molecule has 0 aromatic carbocycles. The van der Waals surface area contributed by atoms with Crippen LogP contribution >= 0.6 is 24.4 Å². The van der Waals surface area contributed by atoms with Crippen LogP contribution < -0.4 is 0 Å². The highest BCUT2D eigenvalue weighted by Gasteiger charge is 2.29. The number of hydrogen-bond donors (Lipinski definition) is 1. The molecule has 1 heterocycles. The Morgan fingerprint density at radius 2 is 2.18 bits per heavy atom. The van der Waals surface area contributed by atoms with Gasteiger partial charge in [0.1, 0.15) is 0 Å². The van der Waals surface area contributed by atoms with Gasteiger partial charge in [-0.3, -0.25) is 19.3 Å². The molecule has 4 nitrogen and oxygen atoms in total. The zero-order valence-corrected chi connectivity index (χ0v) is 7.15. The third kappa shape index (κ3) is 1.75. The normalized spacial score (nSPS) is 18.8. The van der Waals surface area contributed by atoms with Crippen molar-refractivity contribution < 1.29 is 14.4 Å². The number of rotatable bonds is 0. The van der Waals surface area contributed by atoms with E-state index in [0.29, 0.717) is 5.75 Å². The average Bonchev–Trinajstić information content (AvgIpc) is 1.94. The van der Waals surface area contributed by atoms with Crippen molar-refractivity contribution in [1.82, 2.24) is 4.90 Å². The molecule has 2 amide bonds. The van der Waals surface area contributed by atoms with Crippen LogP contribution in [0.25, 0.3) is 0 Å². The molecule has 0 bridgehead atoms. The van der Waals surface area contributed by atoms with E-state index in [0.717, 1.165) is 16.7 Å². The van der Waals surface area contributed by atoms with Crippen molar-refractivity contribution in [1.29, 1.82) is 0 Å². The van der Waals surface area contributed by atoms with Crippen LogP contribution in [0.1, 0.15) is 0 Å². The molecule has 1 saturated heterocycles. The first-order valence-corrected chi connectivity index (χ1v) is 4.28. The smallest absolute Gasteiger partial charge is 0.276 e. The first-order valence-electron chi connectivity index (χ1n) is 2.84. The second kappa shape index (κ2) is 3.27. The van der Waals surface area contributed by atoms with Crippen molar-refractivity contribution in [2.45, 2.75) is 0 Å². The molecule has 1 aliphatic rings. The zero-order chi connectivity index (χ0) is 8.43. The van der Waals surface area contributed by atoms with Gasteiger partial charge < -0.3 is 0 Å². The largest absolute Gasteiger partial charge is 0.308 e. The summed E-state index contributed by atoms with van der Waals surface area (Å²) in [5, 5.41) is -1.25. The summed E-state index contributed by atoms with van der Waals surface area (Å²) in [6, 6.07) is 0. The van der Waals surface area contributed by atoms with Crippen molar-refractivity contribution in [3.63, 3.8) is 0 Å². The first kappa shape index (κ1) is 8.61. The Morgan fingerprint density at radius 3 is 2.64 bits per heavy atom. The first-order chi connectivity index (χ1) is 5.13. The van der Waals surface area contributed by atoms with Crippen molar-refractivity contribution in [2.24, 2.45) is 0 Å². The Kier molecular flexibility index (Phi) is 2.56. The Morgan fingerprint density at radius 1 is 1.55 bits per heavy atom. The van der Waals surface area contributed by atoms with Gasteiger partial charge in [0.2, 0.25) is 0 Å². The fraction of sp³-hybridized carbons (Fsp3) is 0.400. The lowest BCUT2D eigenvalue weighted by molar-refractivity contribution is -0.138. The maximum Gasteiger partial charge on any atom is 0.308 e. The SMILES string of the molecule is O=C1SCCN(C(=O)S)C1=O. The van der Waals surface area contributed by atoms with E-state index in [1.54, 1.807) is 0 Å². The molecule has 0 aliphatic carbocycles. The maximum atomic E-state index is 10.9. The van der Waals surface area contributed by atoms with Gasteiger partial charge in [0, 0.05) is 12.3 Å². The number of nitrogens with zero attached hydrogens (tertiary/aromatic N) is 1. The molecule has 0 saturated carbocycles. The molecule has 11 heavy (non-hydrogen) atoms. The molecule has 0 N–H and O–H groups in total. The summed E-state index contributed by atoms with van der Waals surface area (Å²) in [6.07, 6.45) is 0. The standard InChI is InChI=1S/C5H5NO3S2/c7-3-4(8)11-2-1-6(3)5(9)10/h1-2H2,(H,9,10). The fourth-order valence-electron chi connectivity index (χ4n) is 0.686. The highest BCUT2D eigenvalue weighted by Crippen LogP contribution is 2.13. The van der Waals surface area contributed by atoms with Crippen LogP contribution in [-0.2, 0) is 9.59 Å². The fourth-order valence-corrected chi connectivity index (χ4v) is 1.57. The minimum absolute atomic E-state index is 0.275.